The molecule has 9 heteroatoms. The fourth-order valence-electron chi connectivity index (χ4n) is 2.17. The molecule has 128 valence electrons. The second-order valence-corrected chi connectivity index (χ2v) is 6.38. The van der Waals surface area contributed by atoms with Crippen molar-refractivity contribution in [3.63, 3.8) is 0 Å². The molecular formula is C14H23N4O4P. The van der Waals surface area contributed by atoms with E-state index in [-0.39, 0.29) is 17.6 Å². The SMILES string of the molecule is CCOP(COC(C)Cc1ccc2c(=O)[nH]c(N)nn12)OCC. The summed E-state index contributed by atoms with van der Waals surface area (Å²) in [5.74, 6) is 0.0877. The van der Waals surface area contributed by atoms with Gasteiger partial charge in [-0.1, -0.05) is 0 Å². The number of ether oxygens (including phenoxy) is 1. The third kappa shape index (κ3) is 4.75. The Morgan fingerprint density at radius 1 is 1.35 bits per heavy atom. The Labute approximate surface area is 135 Å². The van der Waals surface area contributed by atoms with Crippen LogP contribution in [0.4, 0.5) is 5.95 Å². The van der Waals surface area contributed by atoms with Gasteiger partial charge in [0, 0.05) is 12.1 Å². The minimum absolute atomic E-state index is 0.0682. The van der Waals surface area contributed by atoms with Crippen molar-refractivity contribution in [2.45, 2.75) is 33.3 Å². The zero-order chi connectivity index (χ0) is 16.8. The molecule has 0 bridgehead atoms. The lowest BCUT2D eigenvalue weighted by atomic mass is 10.2. The van der Waals surface area contributed by atoms with Gasteiger partial charge in [0.25, 0.3) is 5.56 Å². The number of nitrogens with one attached hydrogen (secondary N) is 1. The molecule has 8 nitrogen and oxygen atoms in total. The first kappa shape index (κ1) is 17.9. The van der Waals surface area contributed by atoms with Crippen molar-refractivity contribution in [2.75, 3.05) is 25.3 Å². The highest BCUT2D eigenvalue weighted by Gasteiger charge is 2.15. The smallest absolute Gasteiger partial charge is 0.276 e. The number of nitrogens with zero attached hydrogens (tertiary/aromatic N) is 2. The molecule has 0 saturated carbocycles. The van der Waals surface area contributed by atoms with Gasteiger partial charge in [0.15, 0.2) is 8.38 Å². The summed E-state index contributed by atoms with van der Waals surface area (Å²) in [5.41, 5.74) is 6.67. The van der Waals surface area contributed by atoms with Gasteiger partial charge in [0.1, 0.15) is 11.9 Å². The second kappa shape index (κ2) is 8.40. The molecule has 3 N–H and O–H groups in total. The highest BCUT2D eigenvalue weighted by molar-refractivity contribution is 7.47. The molecule has 2 aromatic heterocycles. The molecule has 0 aliphatic heterocycles. The number of aromatic nitrogens is 3. The number of aromatic amines is 1. The summed E-state index contributed by atoms with van der Waals surface area (Å²) in [4.78, 5) is 14.3. The first-order chi connectivity index (χ1) is 11.0. The summed E-state index contributed by atoms with van der Waals surface area (Å²) in [5, 5.41) is 4.14. The minimum Gasteiger partial charge on any atom is -0.369 e. The third-order valence-corrected chi connectivity index (χ3v) is 4.58. The number of H-pyrrole nitrogens is 1. The van der Waals surface area contributed by atoms with Crippen LogP contribution in [0.25, 0.3) is 5.52 Å². The summed E-state index contributed by atoms with van der Waals surface area (Å²) >= 11 is 0. The molecule has 1 unspecified atom stereocenters. The van der Waals surface area contributed by atoms with Gasteiger partial charge in [-0.2, -0.15) is 0 Å². The van der Waals surface area contributed by atoms with E-state index >= 15 is 0 Å². The maximum atomic E-state index is 11.8. The number of anilines is 1. The van der Waals surface area contributed by atoms with Gasteiger partial charge in [-0.25, -0.2) is 4.52 Å². The predicted molar refractivity (Wildman–Crippen MR) is 89.5 cm³/mol. The lowest BCUT2D eigenvalue weighted by Crippen LogP contribution is -2.18. The Kier molecular flexibility index (Phi) is 6.53. The van der Waals surface area contributed by atoms with Crippen LogP contribution in [0.5, 0.6) is 0 Å². The molecule has 2 aromatic rings. The van der Waals surface area contributed by atoms with Gasteiger partial charge >= 0.3 is 0 Å². The molecule has 23 heavy (non-hydrogen) atoms. The van der Waals surface area contributed by atoms with E-state index in [9.17, 15) is 4.79 Å². The van der Waals surface area contributed by atoms with Crippen LogP contribution in [0.1, 0.15) is 26.5 Å². The topological polar surface area (TPSA) is 104 Å². The van der Waals surface area contributed by atoms with E-state index in [1.54, 1.807) is 10.6 Å². The molecule has 2 rings (SSSR count). The van der Waals surface area contributed by atoms with Crippen LogP contribution in [0.15, 0.2) is 16.9 Å². The zero-order valence-corrected chi connectivity index (χ0v) is 14.5. The molecule has 0 saturated heterocycles. The monoisotopic (exact) mass is 342 g/mol. The number of nitrogen functional groups attached to an aromatic ring is 1. The van der Waals surface area contributed by atoms with Gasteiger partial charge in [-0.3, -0.25) is 9.78 Å². The van der Waals surface area contributed by atoms with Crippen LogP contribution < -0.4 is 11.3 Å². The van der Waals surface area contributed by atoms with E-state index < -0.39 is 8.38 Å². The van der Waals surface area contributed by atoms with Crippen molar-refractivity contribution in [3.05, 3.63) is 28.2 Å². The number of fused-ring (bicyclic) bond motifs is 1. The van der Waals surface area contributed by atoms with E-state index in [1.165, 1.54) is 0 Å². The predicted octanol–water partition coefficient (Wildman–Crippen LogP) is 1.89. The zero-order valence-electron chi connectivity index (χ0n) is 13.6. The Bertz CT molecular complexity index is 681. The number of hydrogen-bond donors (Lipinski definition) is 2. The lowest BCUT2D eigenvalue weighted by molar-refractivity contribution is 0.0871. The highest BCUT2D eigenvalue weighted by atomic mass is 31.2. The van der Waals surface area contributed by atoms with Crippen molar-refractivity contribution >= 4 is 19.8 Å². The highest BCUT2D eigenvalue weighted by Crippen LogP contribution is 2.38. The van der Waals surface area contributed by atoms with Gasteiger partial charge < -0.3 is 19.5 Å². The van der Waals surface area contributed by atoms with Crippen LogP contribution in [-0.4, -0.2) is 40.3 Å². The van der Waals surface area contributed by atoms with Gasteiger partial charge in [0.2, 0.25) is 5.95 Å². The van der Waals surface area contributed by atoms with E-state index in [4.69, 9.17) is 19.5 Å². The fourth-order valence-corrected chi connectivity index (χ4v) is 3.35. The fraction of sp³-hybridized carbons (Fsp3) is 0.571. The van der Waals surface area contributed by atoms with E-state index in [0.29, 0.717) is 31.5 Å². The van der Waals surface area contributed by atoms with Crippen LogP contribution in [0, 0.1) is 0 Å². The molecular weight excluding hydrogens is 319 g/mol. The Morgan fingerprint density at radius 3 is 2.70 bits per heavy atom. The van der Waals surface area contributed by atoms with E-state index in [2.05, 4.69) is 10.1 Å². The average molecular weight is 342 g/mol. The molecule has 0 aliphatic rings. The van der Waals surface area contributed by atoms with Crippen LogP contribution in [-0.2, 0) is 20.2 Å². The maximum Gasteiger partial charge on any atom is 0.276 e. The Hall–Kier alpha value is -1.47. The summed E-state index contributed by atoms with van der Waals surface area (Å²) in [6.45, 7) is 7.01. The third-order valence-electron chi connectivity index (χ3n) is 3.12. The quantitative estimate of drug-likeness (QED) is 0.675. The van der Waals surface area contributed by atoms with Gasteiger partial charge in [0.05, 0.1) is 19.3 Å². The normalized spacial score (nSPS) is 13.0. The maximum absolute atomic E-state index is 11.8. The molecule has 1 atom stereocenters. The van der Waals surface area contributed by atoms with Crippen molar-refractivity contribution in [1.29, 1.82) is 0 Å². The van der Waals surface area contributed by atoms with Gasteiger partial charge in [-0.05, 0) is 32.9 Å². The summed E-state index contributed by atoms with van der Waals surface area (Å²) < 4.78 is 18.4. The Morgan fingerprint density at radius 2 is 2.04 bits per heavy atom. The second-order valence-electron chi connectivity index (χ2n) is 4.94. The summed E-state index contributed by atoms with van der Waals surface area (Å²) in [6, 6.07) is 3.57. The molecule has 0 aliphatic carbocycles. The number of hydrogen-bond acceptors (Lipinski definition) is 6. The number of rotatable bonds is 9. The molecule has 0 radical (unpaired) electrons. The van der Waals surface area contributed by atoms with Crippen molar-refractivity contribution in [3.8, 4) is 0 Å². The van der Waals surface area contributed by atoms with Crippen LogP contribution >= 0.6 is 8.38 Å². The molecule has 0 aromatic carbocycles. The molecule has 2 heterocycles. The Balaban J connectivity index is 2.00. The van der Waals surface area contributed by atoms with E-state index in [1.807, 2.05) is 26.8 Å². The summed E-state index contributed by atoms with van der Waals surface area (Å²) in [7, 11) is -1.02. The van der Waals surface area contributed by atoms with Crippen LogP contribution in [0.2, 0.25) is 0 Å². The van der Waals surface area contributed by atoms with Gasteiger partial charge in [-0.15, -0.1) is 5.10 Å². The standard InChI is InChI=1S/C14H23N4O4P/c1-4-21-23(22-5-2)9-20-10(3)8-11-6-7-12-13(19)16-14(15)17-18(11)12/h6-7,10H,4-5,8-9H2,1-3H3,(H3,15,16,17,19). The number of nitrogens with two attached hydrogens (primary N) is 1. The minimum atomic E-state index is -1.02. The summed E-state index contributed by atoms with van der Waals surface area (Å²) in [6.07, 6.45) is 0.949. The first-order valence-electron chi connectivity index (χ1n) is 7.56. The van der Waals surface area contributed by atoms with Crippen LogP contribution in [0.3, 0.4) is 0 Å². The molecule has 0 amide bonds. The van der Waals surface area contributed by atoms with Crippen molar-refractivity contribution in [1.82, 2.24) is 14.6 Å². The lowest BCUT2D eigenvalue weighted by Gasteiger charge is -2.19. The first-order valence-corrected chi connectivity index (χ1v) is 8.92. The molecule has 0 spiro atoms. The van der Waals surface area contributed by atoms with E-state index in [0.717, 1.165) is 5.69 Å². The largest absolute Gasteiger partial charge is 0.369 e. The van der Waals surface area contributed by atoms with Crippen molar-refractivity contribution in [2.24, 2.45) is 0 Å². The van der Waals surface area contributed by atoms with Crippen molar-refractivity contribution < 1.29 is 13.8 Å². The molecule has 0 fully saturated rings. The average Bonchev–Trinajstić information content (AvgIpc) is 2.88.